The second kappa shape index (κ2) is 10.3. The van der Waals surface area contributed by atoms with Crippen LogP contribution in [-0.2, 0) is 19.3 Å². The molecule has 224 valence electrons. The molecule has 12 heteroatoms. The molecule has 0 aromatic heterocycles. The second-order valence-electron chi connectivity index (χ2n) is 10.7. The highest BCUT2D eigenvalue weighted by Gasteiger charge is 2.38. The number of rotatable bonds is 4. The van der Waals surface area contributed by atoms with Crippen LogP contribution in [0.5, 0.6) is 57.5 Å². The Morgan fingerprint density at radius 1 is 0.488 bits per heavy atom. The number of aromatic hydroxyl groups is 8. The van der Waals surface area contributed by atoms with E-state index < -0.39 is 47.4 Å². The van der Waals surface area contributed by atoms with Gasteiger partial charge in [0.15, 0.2) is 23.0 Å². The lowest BCUT2D eigenvalue weighted by Crippen LogP contribution is -2.31. The molecule has 0 fully saturated rings. The molecule has 0 unspecified atom stereocenters. The Bertz CT molecular complexity index is 1620. The van der Waals surface area contributed by atoms with Crippen molar-refractivity contribution in [2.45, 2.75) is 43.7 Å². The van der Waals surface area contributed by atoms with E-state index in [1.165, 1.54) is 36.4 Å². The van der Waals surface area contributed by atoms with Gasteiger partial charge in [0.1, 0.15) is 46.7 Å². The van der Waals surface area contributed by atoms with Crippen LogP contribution < -0.4 is 9.47 Å². The van der Waals surface area contributed by atoms with Gasteiger partial charge in [0.2, 0.25) is 0 Å². The zero-order valence-electron chi connectivity index (χ0n) is 22.3. The molecule has 0 radical (unpaired) electrons. The Hall–Kier alpha value is -5.20. The standard InChI is InChI=1S/C31H28O12/c32-18-3-1-12(5-24(18)38)28-26(40)8-16-22(36)10-20(34)14(30(16)42-28)7-15-21(35)11-23(37)17-9-27(41)29(43-31(15)17)13-2-4-19(33)25(39)6-13/h1-6,10-11,26-29,32-41H,7-9H2/t26-,27-,28+,29+/m0/s1. The summed E-state index contributed by atoms with van der Waals surface area (Å²) in [6, 6.07) is 9.94. The predicted octanol–water partition coefficient (Wildman–Crippen LogP) is 3.00. The monoisotopic (exact) mass is 592 g/mol. The molecule has 4 aromatic rings. The Morgan fingerprint density at radius 2 is 0.884 bits per heavy atom. The van der Waals surface area contributed by atoms with Crippen LogP contribution in [0.3, 0.4) is 0 Å². The van der Waals surface area contributed by atoms with Gasteiger partial charge in [-0.2, -0.15) is 0 Å². The van der Waals surface area contributed by atoms with E-state index in [-0.39, 0.29) is 76.0 Å². The van der Waals surface area contributed by atoms with Crippen LogP contribution in [0.1, 0.15) is 45.6 Å². The Morgan fingerprint density at radius 3 is 1.26 bits per heavy atom. The largest absolute Gasteiger partial charge is 0.507 e. The quantitative estimate of drug-likeness (QED) is 0.155. The van der Waals surface area contributed by atoms with Gasteiger partial charge < -0.3 is 60.5 Å². The van der Waals surface area contributed by atoms with E-state index in [1.807, 2.05) is 0 Å². The number of phenolic OH excluding ortho intramolecular Hbond substituents is 8. The zero-order valence-corrected chi connectivity index (χ0v) is 22.3. The Balaban J connectivity index is 1.43. The minimum atomic E-state index is -1.18. The van der Waals surface area contributed by atoms with Crippen molar-refractivity contribution in [3.63, 3.8) is 0 Å². The van der Waals surface area contributed by atoms with E-state index in [0.717, 1.165) is 12.1 Å². The molecule has 4 aromatic carbocycles. The van der Waals surface area contributed by atoms with Crippen molar-refractivity contribution >= 4 is 0 Å². The molecule has 0 saturated carbocycles. The number of ether oxygens (including phenoxy) is 2. The van der Waals surface area contributed by atoms with Gasteiger partial charge in [0.25, 0.3) is 0 Å². The topological polar surface area (TPSA) is 221 Å². The highest BCUT2D eigenvalue weighted by atomic mass is 16.5. The molecule has 10 N–H and O–H groups in total. The summed E-state index contributed by atoms with van der Waals surface area (Å²) in [5, 5.41) is 104. The summed E-state index contributed by atoms with van der Waals surface area (Å²) >= 11 is 0. The number of aliphatic hydroxyl groups is 2. The highest BCUT2D eigenvalue weighted by molar-refractivity contribution is 5.64. The molecule has 0 amide bonds. The number of fused-ring (bicyclic) bond motifs is 2. The molecule has 0 aliphatic carbocycles. The maximum absolute atomic E-state index is 11.0. The average Bonchev–Trinajstić information content (AvgIpc) is 2.95. The fourth-order valence-corrected chi connectivity index (χ4v) is 5.69. The van der Waals surface area contributed by atoms with E-state index in [4.69, 9.17) is 9.47 Å². The molecule has 43 heavy (non-hydrogen) atoms. The van der Waals surface area contributed by atoms with Crippen molar-refractivity contribution in [2.24, 2.45) is 0 Å². The lowest BCUT2D eigenvalue weighted by atomic mass is 9.88. The van der Waals surface area contributed by atoms with Gasteiger partial charge >= 0.3 is 0 Å². The molecular formula is C31H28O12. The van der Waals surface area contributed by atoms with Gasteiger partial charge in [-0.05, 0) is 35.4 Å². The van der Waals surface area contributed by atoms with Gasteiger partial charge in [-0.3, -0.25) is 0 Å². The summed E-state index contributed by atoms with van der Waals surface area (Å²) < 4.78 is 12.2. The van der Waals surface area contributed by atoms with E-state index in [1.54, 1.807) is 0 Å². The van der Waals surface area contributed by atoms with Crippen molar-refractivity contribution in [1.29, 1.82) is 0 Å². The third kappa shape index (κ3) is 4.76. The van der Waals surface area contributed by atoms with Crippen molar-refractivity contribution in [3.05, 3.63) is 81.9 Å². The molecular weight excluding hydrogens is 564 g/mol. The molecule has 6 rings (SSSR count). The zero-order chi connectivity index (χ0) is 30.7. The third-order valence-electron chi connectivity index (χ3n) is 7.90. The fraction of sp³-hybridized carbons (Fsp3) is 0.226. The summed E-state index contributed by atoms with van der Waals surface area (Å²) in [4.78, 5) is 0. The second-order valence-corrected chi connectivity index (χ2v) is 10.7. The molecule has 2 aliphatic rings. The van der Waals surface area contributed by atoms with Crippen molar-refractivity contribution in [1.82, 2.24) is 0 Å². The van der Waals surface area contributed by atoms with Gasteiger partial charge in [-0.1, -0.05) is 12.1 Å². The molecule has 0 saturated heterocycles. The Labute approximate surface area is 243 Å². The van der Waals surface area contributed by atoms with Crippen molar-refractivity contribution < 1.29 is 60.5 Å². The lowest BCUT2D eigenvalue weighted by Gasteiger charge is -2.34. The first-order valence-electron chi connectivity index (χ1n) is 13.3. The minimum Gasteiger partial charge on any atom is -0.507 e. The van der Waals surface area contributed by atoms with E-state index >= 15 is 0 Å². The molecule has 4 atom stereocenters. The summed E-state index contributed by atoms with van der Waals surface area (Å²) in [6.07, 6.45) is -4.96. The van der Waals surface area contributed by atoms with Gasteiger partial charge in [0.05, 0.1) is 12.2 Å². The molecule has 0 bridgehead atoms. The molecule has 2 heterocycles. The molecule has 0 spiro atoms. The SMILES string of the molecule is Oc1ccc([C@H]2Oc3c(Cc4c(O)cc(O)c5c4O[C@H](c4ccc(O)c(O)c4)[C@@H](O)C5)c(O)cc(O)c3C[C@@H]2O)cc1O. The van der Waals surface area contributed by atoms with E-state index in [0.29, 0.717) is 11.1 Å². The third-order valence-corrected chi connectivity index (χ3v) is 7.90. The van der Waals surface area contributed by atoms with E-state index in [9.17, 15) is 51.1 Å². The van der Waals surface area contributed by atoms with Crippen LogP contribution in [0.4, 0.5) is 0 Å². The maximum atomic E-state index is 11.0. The first-order chi connectivity index (χ1) is 20.4. The van der Waals surface area contributed by atoms with Crippen LogP contribution in [0, 0.1) is 0 Å². The predicted molar refractivity (Wildman–Crippen MR) is 148 cm³/mol. The number of phenols is 8. The smallest absolute Gasteiger partial charge is 0.157 e. The first kappa shape index (κ1) is 27.9. The van der Waals surface area contributed by atoms with Gasteiger partial charge in [-0.15, -0.1) is 0 Å². The summed E-state index contributed by atoms with van der Waals surface area (Å²) in [7, 11) is 0. The summed E-state index contributed by atoms with van der Waals surface area (Å²) in [5.74, 6) is -3.09. The highest BCUT2D eigenvalue weighted by Crippen LogP contribution is 2.51. The van der Waals surface area contributed by atoms with Crippen LogP contribution in [-0.4, -0.2) is 63.3 Å². The number of hydrogen-bond acceptors (Lipinski definition) is 12. The average molecular weight is 593 g/mol. The Kier molecular flexibility index (Phi) is 6.67. The summed E-state index contributed by atoms with van der Waals surface area (Å²) in [5.41, 5.74) is 1.18. The molecule has 12 nitrogen and oxygen atoms in total. The maximum Gasteiger partial charge on any atom is 0.157 e. The number of hydrogen-bond donors (Lipinski definition) is 10. The van der Waals surface area contributed by atoms with Crippen LogP contribution in [0.25, 0.3) is 0 Å². The van der Waals surface area contributed by atoms with Gasteiger partial charge in [-0.25, -0.2) is 0 Å². The molecule has 2 aliphatic heterocycles. The minimum absolute atomic E-state index is 0.0115. The van der Waals surface area contributed by atoms with E-state index in [2.05, 4.69) is 0 Å². The first-order valence-corrected chi connectivity index (χ1v) is 13.3. The fourth-order valence-electron chi connectivity index (χ4n) is 5.69. The van der Waals surface area contributed by atoms with Crippen molar-refractivity contribution in [2.75, 3.05) is 0 Å². The van der Waals surface area contributed by atoms with Crippen LogP contribution >= 0.6 is 0 Å². The lowest BCUT2D eigenvalue weighted by molar-refractivity contribution is 0.0181. The van der Waals surface area contributed by atoms with Gasteiger partial charge in [0, 0.05) is 53.6 Å². The summed E-state index contributed by atoms with van der Waals surface area (Å²) in [6.45, 7) is 0. The van der Waals surface area contributed by atoms with Crippen LogP contribution in [0.15, 0.2) is 48.5 Å². The van der Waals surface area contributed by atoms with Crippen LogP contribution in [0.2, 0.25) is 0 Å². The number of aliphatic hydroxyl groups excluding tert-OH is 2. The normalized spacial score (nSPS) is 20.9. The van der Waals surface area contributed by atoms with Crippen molar-refractivity contribution in [3.8, 4) is 57.5 Å². The number of benzene rings is 4.